The van der Waals surface area contributed by atoms with Gasteiger partial charge in [0, 0.05) is 5.56 Å². The molecule has 0 radical (unpaired) electrons. The SMILES string of the molecule is Cc1cc(C=O)cc(C#N)c1CC#N. The van der Waals surface area contributed by atoms with E-state index in [1.165, 1.54) is 6.07 Å². The topological polar surface area (TPSA) is 64.7 Å². The van der Waals surface area contributed by atoms with Gasteiger partial charge in [-0.25, -0.2) is 0 Å². The molecular formula is C11H8N2O. The van der Waals surface area contributed by atoms with Gasteiger partial charge in [-0.2, -0.15) is 10.5 Å². The molecule has 0 aliphatic heterocycles. The van der Waals surface area contributed by atoms with Crippen LogP contribution in [-0.2, 0) is 6.42 Å². The lowest BCUT2D eigenvalue weighted by Gasteiger charge is -2.04. The first-order valence-electron chi connectivity index (χ1n) is 4.08. The Kier molecular flexibility index (Phi) is 2.99. The Morgan fingerprint density at radius 2 is 2.14 bits per heavy atom. The number of aldehydes is 1. The van der Waals surface area contributed by atoms with Crippen LogP contribution < -0.4 is 0 Å². The van der Waals surface area contributed by atoms with E-state index in [2.05, 4.69) is 0 Å². The molecule has 14 heavy (non-hydrogen) atoms. The minimum Gasteiger partial charge on any atom is -0.298 e. The molecule has 1 rings (SSSR count). The van der Waals surface area contributed by atoms with E-state index in [4.69, 9.17) is 10.5 Å². The Hall–Kier alpha value is -2.13. The number of aryl methyl sites for hydroxylation is 1. The monoisotopic (exact) mass is 184 g/mol. The molecule has 1 aromatic carbocycles. The van der Waals surface area contributed by atoms with E-state index in [0.29, 0.717) is 23.0 Å². The lowest BCUT2D eigenvalue weighted by atomic mass is 9.97. The second kappa shape index (κ2) is 4.20. The lowest BCUT2D eigenvalue weighted by molar-refractivity contribution is 0.112. The van der Waals surface area contributed by atoms with Gasteiger partial charge in [0.05, 0.1) is 24.1 Å². The van der Waals surface area contributed by atoms with E-state index in [9.17, 15) is 4.79 Å². The molecule has 0 heterocycles. The average molecular weight is 184 g/mol. The zero-order valence-corrected chi connectivity index (χ0v) is 7.74. The molecule has 68 valence electrons. The number of hydrogen-bond acceptors (Lipinski definition) is 3. The highest BCUT2D eigenvalue weighted by atomic mass is 16.1. The molecule has 3 heteroatoms. The first kappa shape index (κ1) is 9.95. The molecule has 0 unspecified atom stereocenters. The fraction of sp³-hybridized carbons (Fsp3) is 0.182. The summed E-state index contributed by atoms with van der Waals surface area (Å²) in [4.78, 5) is 10.5. The smallest absolute Gasteiger partial charge is 0.150 e. The van der Waals surface area contributed by atoms with Crippen molar-refractivity contribution in [2.45, 2.75) is 13.3 Å². The Labute approximate surface area is 82.2 Å². The zero-order chi connectivity index (χ0) is 10.6. The Morgan fingerprint density at radius 3 is 2.64 bits per heavy atom. The summed E-state index contributed by atoms with van der Waals surface area (Å²) < 4.78 is 0. The maximum absolute atomic E-state index is 10.5. The second-order valence-electron chi connectivity index (χ2n) is 2.93. The van der Waals surface area contributed by atoms with Crippen LogP contribution in [0.3, 0.4) is 0 Å². The van der Waals surface area contributed by atoms with Crippen molar-refractivity contribution in [2.75, 3.05) is 0 Å². The number of nitrogens with zero attached hydrogens (tertiary/aromatic N) is 2. The van der Waals surface area contributed by atoms with Gasteiger partial charge in [-0.1, -0.05) is 0 Å². The van der Waals surface area contributed by atoms with Gasteiger partial charge in [0.25, 0.3) is 0 Å². The van der Waals surface area contributed by atoms with Gasteiger partial charge < -0.3 is 0 Å². The van der Waals surface area contributed by atoms with Crippen molar-refractivity contribution in [1.82, 2.24) is 0 Å². The quantitative estimate of drug-likeness (QED) is 0.657. The van der Waals surface area contributed by atoms with Crippen LogP contribution in [0.5, 0.6) is 0 Å². The highest BCUT2D eigenvalue weighted by Crippen LogP contribution is 2.16. The summed E-state index contributed by atoms with van der Waals surface area (Å²) in [6.07, 6.45) is 0.901. The maximum atomic E-state index is 10.5. The van der Waals surface area contributed by atoms with Crippen LogP contribution in [0, 0.1) is 29.6 Å². The lowest BCUT2D eigenvalue weighted by Crippen LogP contribution is -1.95. The minimum atomic E-state index is 0.202. The summed E-state index contributed by atoms with van der Waals surface area (Å²) >= 11 is 0. The summed E-state index contributed by atoms with van der Waals surface area (Å²) in [5.74, 6) is 0. The van der Waals surface area contributed by atoms with Gasteiger partial charge in [0.2, 0.25) is 0 Å². The molecule has 0 saturated heterocycles. The summed E-state index contributed by atoms with van der Waals surface area (Å²) in [6.45, 7) is 1.79. The molecule has 0 saturated carbocycles. The van der Waals surface area contributed by atoms with Crippen molar-refractivity contribution in [1.29, 1.82) is 10.5 Å². The highest BCUT2D eigenvalue weighted by molar-refractivity contribution is 5.76. The van der Waals surface area contributed by atoms with Gasteiger partial charge >= 0.3 is 0 Å². The molecule has 3 nitrogen and oxygen atoms in total. The first-order chi connectivity index (χ1) is 6.72. The summed E-state index contributed by atoms with van der Waals surface area (Å²) in [6, 6.07) is 7.17. The number of rotatable bonds is 2. The summed E-state index contributed by atoms with van der Waals surface area (Å²) in [7, 11) is 0. The third-order valence-corrected chi connectivity index (χ3v) is 2.01. The number of nitriles is 2. The minimum absolute atomic E-state index is 0.202. The third-order valence-electron chi connectivity index (χ3n) is 2.01. The van der Waals surface area contributed by atoms with Crippen molar-refractivity contribution < 1.29 is 4.79 Å². The molecule has 0 N–H and O–H groups in total. The van der Waals surface area contributed by atoms with Crippen LogP contribution in [0.4, 0.5) is 0 Å². The van der Waals surface area contributed by atoms with Crippen LogP contribution in [0.25, 0.3) is 0 Å². The second-order valence-corrected chi connectivity index (χ2v) is 2.93. The van der Waals surface area contributed by atoms with Crippen LogP contribution in [0.15, 0.2) is 12.1 Å². The number of hydrogen-bond donors (Lipinski definition) is 0. The molecule has 0 aliphatic carbocycles. The van der Waals surface area contributed by atoms with E-state index < -0.39 is 0 Å². The fourth-order valence-electron chi connectivity index (χ4n) is 1.33. The van der Waals surface area contributed by atoms with Crippen molar-refractivity contribution in [3.63, 3.8) is 0 Å². The van der Waals surface area contributed by atoms with Gasteiger partial charge in [0.1, 0.15) is 6.29 Å². The van der Waals surface area contributed by atoms with E-state index >= 15 is 0 Å². The van der Waals surface area contributed by atoms with E-state index in [-0.39, 0.29) is 6.42 Å². The molecular weight excluding hydrogens is 176 g/mol. The van der Waals surface area contributed by atoms with Gasteiger partial charge in [-0.3, -0.25) is 4.79 Å². The van der Waals surface area contributed by atoms with E-state index in [1.807, 2.05) is 12.1 Å². The van der Waals surface area contributed by atoms with Gasteiger partial charge in [-0.05, 0) is 30.2 Å². The van der Waals surface area contributed by atoms with Gasteiger partial charge in [-0.15, -0.1) is 0 Å². The van der Waals surface area contributed by atoms with Gasteiger partial charge in [0.15, 0.2) is 0 Å². The average Bonchev–Trinajstić information content (AvgIpc) is 2.20. The van der Waals surface area contributed by atoms with Crippen molar-refractivity contribution in [3.8, 4) is 12.1 Å². The molecule has 1 aromatic rings. The zero-order valence-electron chi connectivity index (χ0n) is 7.74. The fourth-order valence-corrected chi connectivity index (χ4v) is 1.33. The number of carbonyl (C=O) groups is 1. The number of carbonyl (C=O) groups excluding carboxylic acids is 1. The Morgan fingerprint density at radius 1 is 1.43 bits per heavy atom. The van der Waals surface area contributed by atoms with E-state index in [1.54, 1.807) is 13.0 Å². The molecule has 0 fully saturated rings. The Balaban J connectivity index is 3.37. The predicted molar refractivity (Wildman–Crippen MR) is 50.6 cm³/mol. The van der Waals surface area contributed by atoms with Crippen LogP contribution in [0.2, 0.25) is 0 Å². The number of benzene rings is 1. The van der Waals surface area contributed by atoms with Crippen LogP contribution in [0.1, 0.15) is 27.0 Å². The molecule has 0 atom stereocenters. The normalized spacial score (nSPS) is 8.79. The Bertz CT molecular complexity index is 450. The molecule has 0 aromatic heterocycles. The maximum Gasteiger partial charge on any atom is 0.150 e. The largest absolute Gasteiger partial charge is 0.298 e. The highest BCUT2D eigenvalue weighted by Gasteiger charge is 2.06. The molecule has 0 bridgehead atoms. The predicted octanol–water partition coefficient (Wildman–Crippen LogP) is 1.75. The van der Waals surface area contributed by atoms with Crippen molar-refractivity contribution in [2.24, 2.45) is 0 Å². The first-order valence-corrected chi connectivity index (χ1v) is 4.08. The summed E-state index contributed by atoms with van der Waals surface area (Å²) in [5.41, 5.74) is 2.41. The van der Waals surface area contributed by atoms with Crippen molar-refractivity contribution >= 4 is 6.29 Å². The standard InChI is InChI=1S/C11H8N2O/c1-8-4-9(7-14)5-10(6-13)11(8)2-3-12/h4-5,7H,2H2,1H3. The van der Waals surface area contributed by atoms with Crippen LogP contribution in [-0.4, -0.2) is 6.29 Å². The van der Waals surface area contributed by atoms with Crippen molar-refractivity contribution in [3.05, 3.63) is 34.4 Å². The summed E-state index contributed by atoms with van der Waals surface area (Å²) in [5, 5.41) is 17.4. The van der Waals surface area contributed by atoms with E-state index in [0.717, 1.165) is 5.56 Å². The van der Waals surface area contributed by atoms with Crippen LogP contribution >= 0.6 is 0 Å². The molecule has 0 aliphatic rings. The molecule has 0 amide bonds. The molecule has 0 spiro atoms. The third kappa shape index (κ3) is 1.78.